The summed E-state index contributed by atoms with van der Waals surface area (Å²) in [6.45, 7) is 2.30. The number of aliphatic hydroxyl groups excluding tert-OH is 1. The summed E-state index contributed by atoms with van der Waals surface area (Å²) in [5.74, 6) is -1.00. The number of aliphatic hydroxyl groups is 1. The second-order valence-corrected chi connectivity index (χ2v) is 8.85. The third kappa shape index (κ3) is 4.06. The number of ketones is 1. The van der Waals surface area contributed by atoms with E-state index in [9.17, 15) is 19.8 Å². The van der Waals surface area contributed by atoms with Crippen LogP contribution >= 0.6 is 15.9 Å². The smallest absolute Gasteiger partial charge is 0.295 e. The molecule has 0 saturated carbocycles. The van der Waals surface area contributed by atoms with Gasteiger partial charge < -0.3 is 29.3 Å². The highest BCUT2D eigenvalue weighted by Gasteiger charge is 2.46. The van der Waals surface area contributed by atoms with Crippen LogP contribution in [0.15, 0.2) is 40.4 Å². The molecule has 2 aliphatic heterocycles. The van der Waals surface area contributed by atoms with Crippen LogP contribution in [0, 0.1) is 0 Å². The van der Waals surface area contributed by atoms with Gasteiger partial charge in [0.1, 0.15) is 17.6 Å². The van der Waals surface area contributed by atoms with Gasteiger partial charge in [0.15, 0.2) is 11.5 Å². The molecule has 2 aromatic carbocycles. The predicted octanol–water partition coefficient (Wildman–Crippen LogP) is 3.55. The van der Waals surface area contributed by atoms with Crippen LogP contribution in [-0.2, 0) is 20.7 Å². The third-order valence-electron chi connectivity index (χ3n) is 5.83. The number of carbonyl (C=O) groups is 2. The molecule has 0 aliphatic carbocycles. The molecule has 1 amide bonds. The minimum Gasteiger partial charge on any atom is -0.507 e. The molecule has 33 heavy (non-hydrogen) atoms. The van der Waals surface area contributed by atoms with Crippen molar-refractivity contribution < 1.29 is 34.0 Å². The Bertz CT molecular complexity index is 1160. The minimum absolute atomic E-state index is 0.0267. The molecule has 8 nitrogen and oxygen atoms in total. The molecule has 0 unspecified atom stereocenters. The molecule has 174 valence electrons. The van der Waals surface area contributed by atoms with Gasteiger partial charge in [0.2, 0.25) is 0 Å². The lowest BCUT2D eigenvalue weighted by Gasteiger charge is -2.25. The molecule has 2 heterocycles. The zero-order chi connectivity index (χ0) is 23.9. The van der Waals surface area contributed by atoms with Crippen molar-refractivity contribution in [2.45, 2.75) is 25.5 Å². The SMILES string of the molecule is COCCN1C(=O)C(=O)C(=C(O)c2ccc3c(c2)C[C@@H](C)O3)[C@H]1c1cc(Br)c(O)c(OC)c1. The second kappa shape index (κ2) is 9.07. The zero-order valence-corrected chi connectivity index (χ0v) is 20.0. The number of nitrogens with zero attached hydrogens (tertiary/aromatic N) is 1. The van der Waals surface area contributed by atoms with Crippen molar-refractivity contribution in [1.82, 2.24) is 4.90 Å². The standard InChI is InChI=1S/C24H24BrNO7/c1-12-8-14-9-13(4-5-17(14)33-12)21(27)19-20(26(6-7-31-2)24(30)23(19)29)15-10-16(25)22(28)18(11-15)32-3/h4-5,9-12,20,27-28H,6-8H2,1-3H3/t12-,20-/m1/s1. The van der Waals surface area contributed by atoms with E-state index in [2.05, 4.69) is 15.9 Å². The highest BCUT2D eigenvalue weighted by molar-refractivity contribution is 9.10. The van der Waals surface area contributed by atoms with Crippen LogP contribution in [0.3, 0.4) is 0 Å². The molecular formula is C24H24BrNO7. The monoisotopic (exact) mass is 517 g/mol. The van der Waals surface area contributed by atoms with Crippen molar-refractivity contribution in [2.75, 3.05) is 27.4 Å². The Labute approximate surface area is 199 Å². The number of amides is 1. The van der Waals surface area contributed by atoms with Gasteiger partial charge in [0, 0.05) is 25.6 Å². The summed E-state index contributed by atoms with van der Waals surface area (Å²) < 4.78 is 16.4. The normalized spacial score (nSPS) is 21.3. The maximum Gasteiger partial charge on any atom is 0.295 e. The number of hydrogen-bond donors (Lipinski definition) is 2. The number of methoxy groups -OCH3 is 2. The molecule has 4 rings (SSSR count). The first-order chi connectivity index (χ1) is 15.8. The van der Waals surface area contributed by atoms with Gasteiger partial charge in [-0.15, -0.1) is 0 Å². The van der Waals surface area contributed by atoms with Crippen LogP contribution < -0.4 is 9.47 Å². The Kier molecular flexibility index (Phi) is 6.36. The molecule has 0 aromatic heterocycles. The van der Waals surface area contributed by atoms with Crippen molar-refractivity contribution in [1.29, 1.82) is 0 Å². The maximum absolute atomic E-state index is 13.1. The van der Waals surface area contributed by atoms with E-state index in [-0.39, 0.29) is 42.1 Å². The quantitative estimate of drug-likeness (QED) is 0.342. The van der Waals surface area contributed by atoms with Crippen LogP contribution in [0.4, 0.5) is 0 Å². The average Bonchev–Trinajstić information content (AvgIpc) is 3.29. The Hall–Kier alpha value is -3.04. The predicted molar refractivity (Wildman–Crippen MR) is 123 cm³/mol. The van der Waals surface area contributed by atoms with Crippen LogP contribution in [-0.4, -0.2) is 60.3 Å². The Morgan fingerprint density at radius 1 is 1.24 bits per heavy atom. The molecule has 1 fully saturated rings. The second-order valence-electron chi connectivity index (χ2n) is 7.99. The van der Waals surface area contributed by atoms with Gasteiger partial charge >= 0.3 is 0 Å². The van der Waals surface area contributed by atoms with Crippen molar-refractivity contribution in [2.24, 2.45) is 0 Å². The number of ether oxygens (including phenoxy) is 3. The highest BCUT2D eigenvalue weighted by Crippen LogP contribution is 2.44. The molecule has 0 spiro atoms. The van der Waals surface area contributed by atoms with Gasteiger partial charge in [0.25, 0.3) is 11.7 Å². The first-order valence-electron chi connectivity index (χ1n) is 10.4. The number of carbonyl (C=O) groups excluding carboxylic acids is 2. The average molecular weight is 518 g/mol. The fourth-order valence-corrected chi connectivity index (χ4v) is 4.74. The van der Waals surface area contributed by atoms with Crippen LogP contribution in [0.25, 0.3) is 5.76 Å². The van der Waals surface area contributed by atoms with Gasteiger partial charge in [0.05, 0.1) is 29.8 Å². The summed E-state index contributed by atoms with van der Waals surface area (Å²) >= 11 is 3.29. The summed E-state index contributed by atoms with van der Waals surface area (Å²) in [7, 11) is 2.90. The van der Waals surface area contributed by atoms with Gasteiger partial charge in [-0.1, -0.05) is 0 Å². The summed E-state index contributed by atoms with van der Waals surface area (Å²) in [5.41, 5.74) is 1.80. The fraction of sp³-hybridized carbons (Fsp3) is 0.333. The zero-order valence-electron chi connectivity index (χ0n) is 18.4. The van der Waals surface area contributed by atoms with Crippen molar-refractivity contribution in [3.8, 4) is 17.2 Å². The molecule has 0 bridgehead atoms. The number of rotatable bonds is 6. The number of benzene rings is 2. The molecule has 0 radical (unpaired) electrons. The van der Waals surface area contributed by atoms with Crippen LogP contribution in [0.1, 0.15) is 29.7 Å². The molecule has 2 aliphatic rings. The number of hydrogen-bond acceptors (Lipinski definition) is 7. The van der Waals surface area contributed by atoms with E-state index in [1.807, 2.05) is 6.92 Å². The Morgan fingerprint density at radius 3 is 2.70 bits per heavy atom. The molecule has 2 aromatic rings. The number of phenols is 1. The Morgan fingerprint density at radius 2 is 2.00 bits per heavy atom. The highest BCUT2D eigenvalue weighted by atomic mass is 79.9. The van der Waals surface area contributed by atoms with Gasteiger partial charge in [-0.05, 0) is 64.3 Å². The topological polar surface area (TPSA) is 106 Å². The molecule has 9 heteroatoms. The molecule has 2 atom stereocenters. The molecule has 2 N–H and O–H groups in total. The van der Waals surface area contributed by atoms with E-state index in [4.69, 9.17) is 14.2 Å². The van der Waals surface area contributed by atoms with Gasteiger partial charge in [-0.2, -0.15) is 0 Å². The van der Waals surface area contributed by atoms with E-state index in [0.29, 0.717) is 22.0 Å². The molecular weight excluding hydrogens is 494 g/mol. The number of aromatic hydroxyl groups is 1. The summed E-state index contributed by atoms with van der Waals surface area (Å²) in [5, 5.41) is 21.5. The maximum atomic E-state index is 13.1. The first kappa shape index (κ1) is 23.1. The largest absolute Gasteiger partial charge is 0.507 e. The van der Waals surface area contributed by atoms with Gasteiger partial charge in [-0.25, -0.2) is 0 Å². The number of Topliss-reactive ketones (excluding diaryl/α,β-unsaturated/α-hetero) is 1. The van der Waals surface area contributed by atoms with Crippen LogP contribution in [0.2, 0.25) is 0 Å². The first-order valence-corrected chi connectivity index (χ1v) is 11.2. The van der Waals surface area contributed by atoms with E-state index in [1.165, 1.54) is 19.1 Å². The summed E-state index contributed by atoms with van der Waals surface area (Å²) in [4.78, 5) is 27.4. The molecule has 1 saturated heterocycles. The number of fused-ring (bicyclic) bond motifs is 1. The number of likely N-dealkylation sites (tertiary alicyclic amines) is 1. The third-order valence-corrected chi connectivity index (χ3v) is 6.44. The van der Waals surface area contributed by atoms with Crippen molar-refractivity contribution in [3.63, 3.8) is 0 Å². The lowest BCUT2D eigenvalue weighted by atomic mass is 9.94. The van der Waals surface area contributed by atoms with Crippen molar-refractivity contribution >= 4 is 33.4 Å². The van der Waals surface area contributed by atoms with Crippen LogP contribution in [0.5, 0.6) is 17.2 Å². The summed E-state index contributed by atoms with van der Waals surface area (Å²) in [6.07, 6.45) is 0.711. The number of phenolic OH excluding ortho intramolecular Hbond substituents is 1. The van der Waals surface area contributed by atoms with E-state index in [0.717, 1.165) is 11.3 Å². The lowest BCUT2D eigenvalue weighted by Crippen LogP contribution is -2.32. The fourth-order valence-electron chi connectivity index (χ4n) is 4.28. The van der Waals surface area contributed by atoms with E-state index in [1.54, 1.807) is 30.3 Å². The van der Waals surface area contributed by atoms with E-state index >= 15 is 0 Å². The van der Waals surface area contributed by atoms with Gasteiger partial charge in [-0.3, -0.25) is 9.59 Å². The van der Waals surface area contributed by atoms with E-state index < -0.39 is 17.7 Å². The lowest BCUT2D eigenvalue weighted by molar-refractivity contribution is -0.140. The Balaban J connectivity index is 1.88. The minimum atomic E-state index is -0.894. The summed E-state index contributed by atoms with van der Waals surface area (Å²) in [6, 6.07) is 7.45. The van der Waals surface area contributed by atoms with Crippen molar-refractivity contribution in [3.05, 3.63) is 57.1 Å². The number of halogens is 1.